The summed E-state index contributed by atoms with van der Waals surface area (Å²) in [6, 6.07) is 5.12. The molecular formula is C7H6LiNO2. The number of carbonyl (C=O) groups excluding carboxylic acids is 1. The number of rotatable bonds is 2. The van der Waals surface area contributed by atoms with Gasteiger partial charge < -0.3 is 9.90 Å². The molecule has 0 amide bonds. The molecule has 0 bridgehead atoms. The van der Waals surface area contributed by atoms with E-state index in [1.807, 2.05) is 0 Å². The number of aromatic nitrogens is 1. The molecule has 3 nitrogen and oxygen atoms in total. The van der Waals surface area contributed by atoms with Gasteiger partial charge in [-0.25, -0.2) is 0 Å². The standard InChI is InChI=1S/C7H7NO2.Li/c9-7(10)5-6-3-1-2-4-8-6;/h1-4H,5H2,(H,9,10);/q;+1/p-1. The average molecular weight is 143 g/mol. The third-order valence-corrected chi connectivity index (χ3v) is 1.05. The first-order chi connectivity index (χ1) is 4.79. The van der Waals surface area contributed by atoms with Gasteiger partial charge in [-0.3, -0.25) is 4.98 Å². The summed E-state index contributed by atoms with van der Waals surface area (Å²) >= 11 is 0. The van der Waals surface area contributed by atoms with Crippen molar-refractivity contribution in [2.75, 3.05) is 0 Å². The van der Waals surface area contributed by atoms with Crippen LogP contribution in [0.25, 0.3) is 0 Å². The van der Waals surface area contributed by atoms with Crippen molar-refractivity contribution in [3.8, 4) is 0 Å². The predicted molar refractivity (Wildman–Crippen MR) is 32.9 cm³/mol. The van der Waals surface area contributed by atoms with E-state index >= 15 is 0 Å². The Morgan fingerprint density at radius 3 is 2.73 bits per heavy atom. The maximum Gasteiger partial charge on any atom is 1.00 e. The van der Waals surface area contributed by atoms with Crippen LogP contribution in [0.3, 0.4) is 0 Å². The Morgan fingerprint density at radius 1 is 1.55 bits per heavy atom. The number of pyridine rings is 1. The maximum absolute atomic E-state index is 10.0. The molecule has 0 saturated carbocycles. The van der Waals surface area contributed by atoms with E-state index in [-0.39, 0.29) is 25.3 Å². The minimum atomic E-state index is -1.10. The first-order valence-corrected chi connectivity index (χ1v) is 2.89. The number of carbonyl (C=O) groups is 1. The van der Waals surface area contributed by atoms with Crippen LogP contribution in [0.1, 0.15) is 5.69 Å². The Bertz CT molecular complexity index is 225. The van der Waals surface area contributed by atoms with Crippen LogP contribution in [-0.4, -0.2) is 11.0 Å². The summed E-state index contributed by atoms with van der Waals surface area (Å²) < 4.78 is 0. The monoisotopic (exact) mass is 143 g/mol. The maximum atomic E-state index is 10.0. The van der Waals surface area contributed by atoms with Crippen LogP contribution in [0, 0.1) is 0 Å². The summed E-state index contributed by atoms with van der Waals surface area (Å²) in [4.78, 5) is 13.8. The molecule has 0 aliphatic rings. The SMILES string of the molecule is O=C([O-])Cc1ccccn1.[Li+]. The molecule has 52 valence electrons. The molecule has 0 unspecified atom stereocenters. The zero-order chi connectivity index (χ0) is 7.40. The van der Waals surface area contributed by atoms with Gasteiger partial charge in [0.2, 0.25) is 0 Å². The average Bonchev–Trinajstić information content (AvgIpc) is 1.88. The van der Waals surface area contributed by atoms with E-state index in [4.69, 9.17) is 0 Å². The Labute approximate surface area is 76.6 Å². The van der Waals surface area contributed by atoms with Crippen LogP contribution in [0.2, 0.25) is 0 Å². The number of aliphatic carboxylic acids is 1. The Hall–Kier alpha value is -0.783. The molecule has 0 aliphatic heterocycles. The zero-order valence-corrected chi connectivity index (χ0v) is 6.28. The summed E-state index contributed by atoms with van der Waals surface area (Å²) in [6.07, 6.45) is 1.44. The minimum absolute atomic E-state index is 0. The Balaban J connectivity index is 0.000001000. The van der Waals surface area contributed by atoms with Gasteiger partial charge in [-0.15, -0.1) is 0 Å². The molecule has 1 heterocycles. The van der Waals surface area contributed by atoms with Gasteiger partial charge in [-0.1, -0.05) is 6.07 Å². The van der Waals surface area contributed by atoms with Gasteiger partial charge in [-0.05, 0) is 12.1 Å². The quantitative estimate of drug-likeness (QED) is 0.401. The Morgan fingerprint density at radius 2 is 2.27 bits per heavy atom. The van der Waals surface area contributed by atoms with E-state index in [1.54, 1.807) is 24.4 Å². The van der Waals surface area contributed by atoms with Crippen LogP contribution in [0.15, 0.2) is 24.4 Å². The molecule has 0 spiro atoms. The minimum Gasteiger partial charge on any atom is -0.550 e. The van der Waals surface area contributed by atoms with Crippen LogP contribution in [0.5, 0.6) is 0 Å². The molecule has 0 saturated heterocycles. The van der Waals surface area contributed by atoms with Crippen LogP contribution >= 0.6 is 0 Å². The normalized spacial score (nSPS) is 8.36. The van der Waals surface area contributed by atoms with Gasteiger partial charge in [0.1, 0.15) is 0 Å². The second-order valence-corrected chi connectivity index (χ2v) is 1.87. The third kappa shape index (κ3) is 3.82. The van der Waals surface area contributed by atoms with Gasteiger partial charge in [0.25, 0.3) is 0 Å². The second-order valence-electron chi connectivity index (χ2n) is 1.87. The predicted octanol–water partition coefficient (Wildman–Crippen LogP) is -3.62. The molecule has 0 radical (unpaired) electrons. The van der Waals surface area contributed by atoms with Crippen molar-refractivity contribution in [1.82, 2.24) is 4.98 Å². The molecule has 0 atom stereocenters. The number of carboxylic acid groups (broad SMARTS) is 1. The fourth-order valence-electron chi connectivity index (χ4n) is 0.651. The summed E-state index contributed by atoms with van der Waals surface area (Å²) in [5.74, 6) is -1.10. The van der Waals surface area contributed by atoms with Gasteiger partial charge in [0.05, 0.1) is 0 Å². The van der Waals surface area contributed by atoms with E-state index in [9.17, 15) is 9.90 Å². The molecule has 0 fully saturated rings. The molecule has 4 heteroatoms. The molecule has 0 aromatic carbocycles. The van der Waals surface area contributed by atoms with E-state index in [0.29, 0.717) is 5.69 Å². The topological polar surface area (TPSA) is 53.0 Å². The number of carboxylic acids is 1. The number of hydrogen-bond donors (Lipinski definition) is 0. The number of hydrogen-bond acceptors (Lipinski definition) is 3. The van der Waals surface area contributed by atoms with Gasteiger partial charge in [-0.2, -0.15) is 0 Å². The number of nitrogens with zero attached hydrogens (tertiary/aromatic N) is 1. The van der Waals surface area contributed by atoms with Crippen molar-refractivity contribution in [3.63, 3.8) is 0 Å². The molecule has 0 aliphatic carbocycles. The van der Waals surface area contributed by atoms with Gasteiger partial charge in [0, 0.05) is 24.3 Å². The summed E-state index contributed by atoms with van der Waals surface area (Å²) in [7, 11) is 0. The van der Waals surface area contributed by atoms with Crippen molar-refractivity contribution in [2.24, 2.45) is 0 Å². The van der Waals surface area contributed by atoms with Crippen molar-refractivity contribution in [3.05, 3.63) is 30.1 Å². The van der Waals surface area contributed by atoms with Gasteiger partial charge >= 0.3 is 18.9 Å². The third-order valence-electron chi connectivity index (χ3n) is 1.05. The summed E-state index contributed by atoms with van der Waals surface area (Å²) in [6.45, 7) is 0. The Kier molecular flexibility index (Phi) is 4.59. The van der Waals surface area contributed by atoms with Crippen molar-refractivity contribution >= 4 is 5.97 Å². The van der Waals surface area contributed by atoms with Crippen molar-refractivity contribution < 1.29 is 28.8 Å². The van der Waals surface area contributed by atoms with Crippen LogP contribution in [0.4, 0.5) is 0 Å². The van der Waals surface area contributed by atoms with Crippen molar-refractivity contribution in [1.29, 1.82) is 0 Å². The summed E-state index contributed by atoms with van der Waals surface area (Å²) in [5, 5.41) is 10.0. The molecule has 1 aromatic heterocycles. The van der Waals surface area contributed by atoms with Crippen LogP contribution in [-0.2, 0) is 11.2 Å². The molecule has 0 N–H and O–H groups in total. The smallest absolute Gasteiger partial charge is 0.550 e. The fourth-order valence-corrected chi connectivity index (χ4v) is 0.651. The van der Waals surface area contributed by atoms with E-state index in [2.05, 4.69) is 4.98 Å². The van der Waals surface area contributed by atoms with E-state index in [1.165, 1.54) is 0 Å². The van der Waals surface area contributed by atoms with Gasteiger partial charge in [0.15, 0.2) is 0 Å². The molecule has 1 rings (SSSR count). The molecular weight excluding hydrogens is 137 g/mol. The zero-order valence-electron chi connectivity index (χ0n) is 6.28. The molecule has 11 heavy (non-hydrogen) atoms. The summed E-state index contributed by atoms with van der Waals surface area (Å²) in [5.41, 5.74) is 0.530. The largest absolute Gasteiger partial charge is 1.00 e. The van der Waals surface area contributed by atoms with E-state index in [0.717, 1.165) is 0 Å². The first kappa shape index (κ1) is 10.2. The van der Waals surface area contributed by atoms with E-state index < -0.39 is 5.97 Å². The fraction of sp³-hybridized carbons (Fsp3) is 0.143. The molecule has 1 aromatic rings. The van der Waals surface area contributed by atoms with Crippen molar-refractivity contribution in [2.45, 2.75) is 6.42 Å². The first-order valence-electron chi connectivity index (χ1n) is 2.89. The second kappa shape index (κ2) is 4.95. The van der Waals surface area contributed by atoms with Crippen LogP contribution < -0.4 is 24.0 Å².